The lowest BCUT2D eigenvalue weighted by atomic mass is 9.99. The van der Waals surface area contributed by atoms with Crippen molar-refractivity contribution in [2.45, 2.75) is 45.6 Å². The Labute approximate surface area is 186 Å². The van der Waals surface area contributed by atoms with Gasteiger partial charge in [-0.1, -0.05) is 6.42 Å². The summed E-state index contributed by atoms with van der Waals surface area (Å²) in [6, 6.07) is 3.51. The number of piperidine rings is 1. The fraction of sp³-hybridized carbons (Fsp3) is 0.650. The first-order valence-corrected chi connectivity index (χ1v) is 9.98. The van der Waals surface area contributed by atoms with E-state index in [4.69, 9.17) is 4.99 Å². The highest BCUT2D eigenvalue weighted by Crippen LogP contribution is 2.20. The summed E-state index contributed by atoms with van der Waals surface area (Å²) >= 11 is 0. The molecule has 2 rings (SSSR count). The number of nitrogens with one attached hydrogen (secondary N) is 3. The predicted octanol–water partition coefficient (Wildman–Crippen LogP) is 2.25. The van der Waals surface area contributed by atoms with E-state index in [1.54, 1.807) is 24.5 Å². The molecule has 158 valence electrons. The lowest BCUT2D eigenvalue weighted by molar-refractivity contribution is 0.0954. The zero-order chi connectivity index (χ0) is 19.5. The van der Waals surface area contributed by atoms with E-state index in [9.17, 15) is 4.79 Å². The molecule has 0 radical (unpaired) electrons. The molecule has 1 aromatic rings. The number of guanidine groups is 1. The quantitative estimate of drug-likeness (QED) is 0.220. The largest absolute Gasteiger partial charge is 0.357 e. The maximum atomic E-state index is 12.0. The van der Waals surface area contributed by atoms with Crippen LogP contribution in [0.2, 0.25) is 0 Å². The van der Waals surface area contributed by atoms with Gasteiger partial charge in [0.2, 0.25) is 0 Å². The van der Waals surface area contributed by atoms with Crippen LogP contribution in [0.3, 0.4) is 0 Å². The van der Waals surface area contributed by atoms with Crippen LogP contribution in [-0.4, -0.2) is 66.6 Å². The molecular formula is C20H35IN6O. The van der Waals surface area contributed by atoms with E-state index >= 15 is 0 Å². The van der Waals surface area contributed by atoms with Gasteiger partial charge in [0.25, 0.3) is 5.91 Å². The second-order valence-corrected chi connectivity index (χ2v) is 7.48. The number of hydrogen-bond donors (Lipinski definition) is 3. The average Bonchev–Trinajstić information content (AvgIpc) is 2.70. The lowest BCUT2D eigenvalue weighted by Crippen LogP contribution is -2.50. The molecule has 28 heavy (non-hydrogen) atoms. The average molecular weight is 502 g/mol. The number of aromatic nitrogens is 1. The number of nitrogens with zero attached hydrogens (tertiary/aromatic N) is 3. The van der Waals surface area contributed by atoms with Crippen LogP contribution in [-0.2, 0) is 0 Å². The molecule has 0 bridgehead atoms. The van der Waals surface area contributed by atoms with Gasteiger partial charge in [-0.3, -0.25) is 19.7 Å². The topological polar surface area (TPSA) is 81.7 Å². The van der Waals surface area contributed by atoms with Crippen molar-refractivity contribution in [1.82, 2.24) is 25.8 Å². The molecule has 0 saturated carbocycles. The Balaban J connectivity index is 0.00000392. The molecule has 1 aromatic heterocycles. The number of carbonyl (C=O) groups is 1. The smallest absolute Gasteiger partial charge is 0.252 e. The molecule has 0 unspecified atom stereocenters. The number of amides is 1. The van der Waals surface area contributed by atoms with Gasteiger partial charge in [0.1, 0.15) is 0 Å². The summed E-state index contributed by atoms with van der Waals surface area (Å²) in [7, 11) is 0. The molecule has 0 spiro atoms. The number of pyridine rings is 1. The van der Waals surface area contributed by atoms with Gasteiger partial charge in [-0.25, -0.2) is 0 Å². The van der Waals surface area contributed by atoms with Crippen LogP contribution < -0.4 is 16.0 Å². The molecule has 1 amide bonds. The molecular weight excluding hydrogens is 467 g/mol. The first kappa shape index (κ1) is 24.6. The van der Waals surface area contributed by atoms with Crippen molar-refractivity contribution in [3.05, 3.63) is 30.1 Å². The van der Waals surface area contributed by atoms with Crippen LogP contribution in [0.4, 0.5) is 0 Å². The molecule has 3 N–H and O–H groups in total. The Kier molecular flexibility index (Phi) is 11.4. The summed E-state index contributed by atoms with van der Waals surface area (Å²) in [5, 5.41) is 9.46. The Morgan fingerprint density at radius 3 is 2.54 bits per heavy atom. The predicted molar refractivity (Wildman–Crippen MR) is 125 cm³/mol. The van der Waals surface area contributed by atoms with E-state index in [0.29, 0.717) is 18.7 Å². The van der Waals surface area contributed by atoms with Gasteiger partial charge >= 0.3 is 0 Å². The highest BCUT2D eigenvalue weighted by molar-refractivity contribution is 14.0. The Morgan fingerprint density at radius 2 is 1.89 bits per heavy atom. The second-order valence-electron chi connectivity index (χ2n) is 7.48. The van der Waals surface area contributed by atoms with Crippen molar-refractivity contribution in [1.29, 1.82) is 0 Å². The zero-order valence-electron chi connectivity index (χ0n) is 17.3. The number of carbonyl (C=O) groups excluding carboxylic acids is 1. The van der Waals surface area contributed by atoms with E-state index < -0.39 is 0 Å². The summed E-state index contributed by atoms with van der Waals surface area (Å²) in [6.07, 6.45) is 7.12. The van der Waals surface area contributed by atoms with Crippen molar-refractivity contribution in [3.63, 3.8) is 0 Å². The first-order valence-electron chi connectivity index (χ1n) is 9.98. The normalized spacial score (nSPS) is 15.5. The van der Waals surface area contributed by atoms with Crippen LogP contribution in [0, 0.1) is 0 Å². The lowest BCUT2D eigenvalue weighted by Gasteiger charge is -2.40. The highest BCUT2D eigenvalue weighted by atomic mass is 127. The Morgan fingerprint density at radius 1 is 1.18 bits per heavy atom. The van der Waals surface area contributed by atoms with E-state index in [-0.39, 0.29) is 35.4 Å². The fourth-order valence-corrected chi connectivity index (χ4v) is 3.17. The minimum Gasteiger partial charge on any atom is -0.357 e. The monoisotopic (exact) mass is 502 g/mol. The van der Waals surface area contributed by atoms with Gasteiger partial charge in [0, 0.05) is 37.6 Å². The van der Waals surface area contributed by atoms with Gasteiger partial charge in [0.05, 0.1) is 12.1 Å². The maximum absolute atomic E-state index is 12.0. The number of halogens is 1. The van der Waals surface area contributed by atoms with Crippen LogP contribution in [0.1, 0.15) is 50.4 Å². The molecule has 7 nitrogen and oxygen atoms in total. The minimum absolute atomic E-state index is 0. The molecule has 0 atom stereocenters. The number of likely N-dealkylation sites (tertiary alicyclic amines) is 1. The third-order valence-corrected chi connectivity index (χ3v) is 4.81. The van der Waals surface area contributed by atoms with Gasteiger partial charge < -0.3 is 16.0 Å². The first-order chi connectivity index (χ1) is 13.0. The van der Waals surface area contributed by atoms with Crippen molar-refractivity contribution >= 4 is 35.8 Å². The summed E-state index contributed by atoms with van der Waals surface area (Å²) in [5.41, 5.74) is 0.624. The summed E-state index contributed by atoms with van der Waals surface area (Å²) < 4.78 is 0. The molecule has 0 aromatic carbocycles. The number of aliphatic imine (C=N–C) groups is 1. The van der Waals surface area contributed by atoms with Crippen molar-refractivity contribution in [2.75, 3.05) is 39.3 Å². The van der Waals surface area contributed by atoms with Gasteiger partial charge in [-0.2, -0.15) is 0 Å². The van der Waals surface area contributed by atoms with Gasteiger partial charge in [0.15, 0.2) is 5.96 Å². The van der Waals surface area contributed by atoms with Crippen LogP contribution in [0.5, 0.6) is 0 Å². The van der Waals surface area contributed by atoms with Crippen LogP contribution in [0.25, 0.3) is 0 Å². The van der Waals surface area contributed by atoms with Crippen LogP contribution >= 0.6 is 24.0 Å². The summed E-state index contributed by atoms with van der Waals surface area (Å²) in [4.78, 5) is 23.3. The Bertz CT molecular complexity index is 602. The summed E-state index contributed by atoms with van der Waals surface area (Å²) in [5.74, 6) is 0.677. The van der Waals surface area contributed by atoms with E-state index in [1.807, 2.05) is 0 Å². The Hall–Kier alpha value is -1.42. The minimum atomic E-state index is -0.113. The molecule has 1 saturated heterocycles. The molecule has 1 fully saturated rings. The standard InChI is InChI=1S/C20H34N6O.HI/c1-4-22-19(25-16-20(2,3)26-13-6-5-7-14-26)24-12-11-23-18(27)17-9-8-10-21-15-17;/h8-10,15H,4-7,11-14,16H2,1-3H3,(H,23,27)(H2,22,24,25);1H. The maximum Gasteiger partial charge on any atom is 0.252 e. The SMILES string of the molecule is CCNC(=NCC(C)(C)N1CCCCC1)NCCNC(=O)c1cccnc1.I. The van der Waals surface area contributed by atoms with Crippen molar-refractivity contribution < 1.29 is 4.79 Å². The van der Waals surface area contributed by atoms with E-state index in [2.05, 4.69) is 46.6 Å². The number of hydrogen-bond acceptors (Lipinski definition) is 4. The van der Waals surface area contributed by atoms with E-state index in [1.165, 1.54) is 19.3 Å². The molecule has 1 aliphatic rings. The number of rotatable bonds is 8. The van der Waals surface area contributed by atoms with Crippen LogP contribution in [0.15, 0.2) is 29.5 Å². The highest BCUT2D eigenvalue weighted by Gasteiger charge is 2.27. The molecule has 8 heteroatoms. The molecule has 0 aliphatic carbocycles. The van der Waals surface area contributed by atoms with Gasteiger partial charge in [-0.15, -0.1) is 24.0 Å². The fourth-order valence-electron chi connectivity index (χ4n) is 3.17. The van der Waals surface area contributed by atoms with E-state index in [0.717, 1.165) is 32.1 Å². The zero-order valence-corrected chi connectivity index (χ0v) is 19.7. The van der Waals surface area contributed by atoms with Crippen molar-refractivity contribution in [3.8, 4) is 0 Å². The molecule has 1 aliphatic heterocycles. The summed E-state index contributed by atoms with van der Waals surface area (Å²) in [6.45, 7) is 11.6. The molecule has 2 heterocycles. The third-order valence-electron chi connectivity index (χ3n) is 4.81. The second kappa shape index (κ2) is 12.9. The van der Waals surface area contributed by atoms with Gasteiger partial charge in [-0.05, 0) is 58.8 Å². The third kappa shape index (κ3) is 8.30. The van der Waals surface area contributed by atoms with Crippen molar-refractivity contribution in [2.24, 2.45) is 4.99 Å².